The number of urea groups is 1. The highest BCUT2D eigenvalue weighted by Crippen LogP contribution is 2.25. The van der Waals surface area contributed by atoms with E-state index in [1.165, 1.54) is 11.3 Å². The van der Waals surface area contributed by atoms with Crippen LogP contribution in [0.5, 0.6) is 0 Å². The molecule has 0 saturated heterocycles. The Bertz CT molecular complexity index is 627. The van der Waals surface area contributed by atoms with E-state index in [2.05, 4.69) is 10.6 Å². The largest absolute Gasteiger partial charge is 0.384 e. The van der Waals surface area contributed by atoms with Crippen molar-refractivity contribution in [1.82, 2.24) is 5.32 Å². The van der Waals surface area contributed by atoms with Crippen LogP contribution < -0.4 is 10.6 Å². The van der Waals surface area contributed by atoms with E-state index < -0.39 is 11.6 Å². The maximum absolute atomic E-state index is 11.9. The Morgan fingerprint density at radius 1 is 1.43 bits per heavy atom. The number of hydrogen-bond acceptors (Lipinski definition) is 3. The molecule has 0 saturated carbocycles. The molecule has 0 bridgehead atoms. The summed E-state index contributed by atoms with van der Waals surface area (Å²) in [5.41, 5.74) is 1.11. The van der Waals surface area contributed by atoms with Crippen molar-refractivity contribution in [3.63, 3.8) is 0 Å². The number of aryl methyl sites for hydroxylation is 1. The molecule has 2 amide bonds. The van der Waals surface area contributed by atoms with Gasteiger partial charge in [-0.05, 0) is 47.9 Å². The minimum atomic E-state index is -1.10. The molecule has 0 aliphatic carbocycles. The Morgan fingerprint density at radius 3 is 2.86 bits per heavy atom. The summed E-state index contributed by atoms with van der Waals surface area (Å²) in [6.07, 6.45) is 0. The number of rotatable bonds is 4. The first kappa shape index (κ1) is 15.8. The molecule has 2 rings (SSSR count). The van der Waals surface area contributed by atoms with Gasteiger partial charge in [-0.15, -0.1) is 0 Å². The molecule has 21 heavy (non-hydrogen) atoms. The van der Waals surface area contributed by atoms with Gasteiger partial charge in [0.15, 0.2) is 0 Å². The third-order valence-electron chi connectivity index (χ3n) is 3.18. The Hall–Kier alpha value is -1.56. The molecule has 112 valence electrons. The number of halogens is 1. The highest BCUT2D eigenvalue weighted by Gasteiger charge is 2.24. The number of nitrogens with one attached hydrogen (secondary N) is 2. The highest BCUT2D eigenvalue weighted by molar-refractivity contribution is 7.08. The first-order valence-corrected chi connectivity index (χ1v) is 7.77. The van der Waals surface area contributed by atoms with E-state index >= 15 is 0 Å². The maximum Gasteiger partial charge on any atom is 0.319 e. The van der Waals surface area contributed by atoms with E-state index in [0.29, 0.717) is 10.7 Å². The highest BCUT2D eigenvalue weighted by atomic mass is 35.5. The van der Waals surface area contributed by atoms with Gasteiger partial charge in [-0.25, -0.2) is 4.79 Å². The first-order valence-electron chi connectivity index (χ1n) is 6.45. The van der Waals surface area contributed by atoms with Gasteiger partial charge < -0.3 is 15.7 Å². The van der Waals surface area contributed by atoms with E-state index in [1.54, 1.807) is 13.0 Å². The number of thiophene rings is 1. The maximum atomic E-state index is 11.9. The quantitative estimate of drug-likeness (QED) is 0.802. The molecule has 4 nitrogen and oxygen atoms in total. The lowest BCUT2D eigenvalue weighted by Gasteiger charge is -2.23. The van der Waals surface area contributed by atoms with Crippen molar-refractivity contribution in [2.24, 2.45) is 0 Å². The minimum Gasteiger partial charge on any atom is -0.384 e. The topological polar surface area (TPSA) is 61.4 Å². The zero-order valence-electron chi connectivity index (χ0n) is 11.8. The number of carbonyl (C=O) groups excluding carboxylic acids is 1. The number of aliphatic hydroxyl groups is 1. The van der Waals surface area contributed by atoms with Crippen LogP contribution in [0, 0.1) is 6.92 Å². The fourth-order valence-electron chi connectivity index (χ4n) is 1.84. The molecular formula is C15H17ClN2O2S. The molecule has 0 fully saturated rings. The van der Waals surface area contributed by atoms with Crippen LogP contribution in [-0.2, 0) is 5.60 Å². The summed E-state index contributed by atoms with van der Waals surface area (Å²) in [7, 11) is 0. The molecule has 6 heteroatoms. The van der Waals surface area contributed by atoms with E-state index in [4.69, 9.17) is 11.6 Å². The van der Waals surface area contributed by atoms with Crippen molar-refractivity contribution in [2.45, 2.75) is 19.4 Å². The predicted octanol–water partition coefficient (Wildman–Crippen LogP) is 3.74. The zero-order valence-corrected chi connectivity index (χ0v) is 13.4. The molecule has 1 atom stereocenters. The summed E-state index contributed by atoms with van der Waals surface area (Å²) < 4.78 is 0. The predicted molar refractivity (Wildman–Crippen MR) is 87.1 cm³/mol. The van der Waals surface area contributed by atoms with Crippen molar-refractivity contribution in [1.29, 1.82) is 0 Å². The van der Waals surface area contributed by atoms with Crippen LogP contribution in [0.2, 0.25) is 5.02 Å². The van der Waals surface area contributed by atoms with Crippen LogP contribution >= 0.6 is 22.9 Å². The average molecular weight is 325 g/mol. The molecule has 0 aliphatic heterocycles. The molecule has 1 aromatic heterocycles. The summed E-state index contributed by atoms with van der Waals surface area (Å²) in [5.74, 6) is 0. The third-order valence-corrected chi connectivity index (χ3v) is 4.36. The number of benzene rings is 1. The minimum absolute atomic E-state index is 0.110. The molecular weight excluding hydrogens is 308 g/mol. The molecule has 0 aliphatic rings. The SMILES string of the molecule is Cc1cccc(NC(=O)NCC(C)(O)c2ccsc2)c1Cl. The summed E-state index contributed by atoms with van der Waals surface area (Å²) in [4.78, 5) is 11.9. The standard InChI is InChI=1S/C15H17ClN2O2S/c1-10-4-3-5-12(13(10)16)18-14(19)17-9-15(2,20)11-6-7-21-8-11/h3-8,20H,9H2,1-2H3,(H2,17,18,19). The van der Waals surface area contributed by atoms with Gasteiger partial charge in [-0.2, -0.15) is 11.3 Å². The Kier molecular flexibility index (Phi) is 4.88. The second-order valence-corrected chi connectivity index (χ2v) is 6.19. The summed E-state index contributed by atoms with van der Waals surface area (Å²) >= 11 is 7.62. The Morgan fingerprint density at radius 2 is 2.19 bits per heavy atom. The summed E-state index contributed by atoms with van der Waals surface area (Å²) in [6, 6.07) is 6.84. The van der Waals surface area contributed by atoms with Gasteiger partial charge >= 0.3 is 6.03 Å². The lowest BCUT2D eigenvalue weighted by atomic mass is 9.99. The second-order valence-electron chi connectivity index (χ2n) is 5.03. The first-order chi connectivity index (χ1) is 9.90. The molecule has 0 spiro atoms. The van der Waals surface area contributed by atoms with E-state index in [-0.39, 0.29) is 6.54 Å². The second kappa shape index (κ2) is 6.47. The van der Waals surface area contributed by atoms with Gasteiger partial charge in [-0.3, -0.25) is 0 Å². The fourth-order valence-corrected chi connectivity index (χ4v) is 2.79. The fraction of sp³-hybridized carbons (Fsp3) is 0.267. The van der Waals surface area contributed by atoms with Crippen LogP contribution in [0.15, 0.2) is 35.0 Å². The molecule has 3 N–H and O–H groups in total. The van der Waals surface area contributed by atoms with Gasteiger partial charge in [0.1, 0.15) is 5.60 Å². The summed E-state index contributed by atoms with van der Waals surface area (Å²) in [5, 5.41) is 19.9. The van der Waals surface area contributed by atoms with Crippen molar-refractivity contribution in [3.8, 4) is 0 Å². The Labute approximate surface area is 132 Å². The molecule has 0 radical (unpaired) electrons. The lowest BCUT2D eigenvalue weighted by molar-refractivity contribution is 0.0604. The molecule has 1 aromatic carbocycles. The molecule has 2 aromatic rings. The van der Waals surface area contributed by atoms with Crippen LogP contribution in [0.4, 0.5) is 10.5 Å². The van der Waals surface area contributed by atoms with Crippen LogP contribution in [0.25, 0.3) is 0 Å². The smallest absolute Gasteiger partial charge is 0.319 e. The molecule has 1 unspecified atom stereocenters. The van der Waals surface area contributed by atoms with Crippen molar-refractivity contribution in [3.05, 3.63) is 51.2 Å². The monoisotopic (exact) mass is 324 g/mol. The van der Waals surface area contributed by atoms with Gasteiger partial charge in [-0.1, -0.05) is 23.7 Å². The average Bonchev–Trinajstić information content (AvgIpc) is 2.97. The number of hydrogen-bond donors (Lipinski definition) is 3. The number of anilines is 1. The summed E-state index contributed by atoms with van der Waals surface area (Å²) in [6.45, 7) is 3.64. The van der Waals surface area contributed by atoms with Crippen LogP contribution in [-0.4, -0.2) is 17.7 Å². The Balaban J connectivity index is 1.95. The van der Waals surface area contributed by atoms with Crippen LogP contribution in [0.1, 0.15) is 18.1 Å². The van der Waals surface area contributed by atoms with Gasteiger partial charge in [0.2, 0.25) is 0 Å². The van der Waals surface area contributed by atoms with Crippen molar-refractivity contribution in [2.75, 3.05) is 11.9 Å². The van der Waals surface area contributed by atoms with Crippen LogP contribution in [0.3, 0.4) is 0 Å². The normalized spacial score (nSPS) is 13.5. The molecule has 1 heterocycles. The van der Waals surface area contributed by atoms with E-state index in [1.807, 2.05) is 35.9 Å². The lowest BCUT2D eigenvalue weighted by Crippen LogP contribution is -2.40. The zero-order chi connectivity index (χ0) is 15.5. The van der Waals surface area contributed by atoms with E-state index in [0.717, 1.165) is 11.1 Å². The van der Waals surface area contributed by atoms with Gasteiger partial charge in [0.05, 0.1) is 17.3 Å². The third kappa shape index (κ3) is 3.97. The van der Waals surface area contributed by atoms with E-state index in [9.17, 15) is 9.90 Å². The number of amides is 2. The van der Waals surface area contributed by atoms with Gasteiger partial charge in [0, 0.05) is 0 Å². The van der Waals surface area contributed by atoms with Crippen molar-refractivity contribution >= 4 is 34.7 Å². The van der Waals surface area contributed by atoms with Crippen molar-refractivity contribution < 1.29 is 9.90 Å². The number of carbonyl (C=O) groups is 1. The van der Waals surface area contributed by atoms with Gasteiger partial charge in [0.25, 0.3) is 0 Å².